The maximum Gasteiger partial charge on any atom is 0.251 e. The van der Waals surface area contributed by atoms with Crippen molar-refractivity contribution in [1.82, 2.24) is 30.0 Å². The van der Waals surface area contributed by atoms with Crippen LogP contribution in [0.1, 0.15) is 11.6 Å². The van der Waals surface area contributed by atoms with Crippen LogP contribution < -0.4 is 5.56 Å². The lowest BCUT2D eigenvalue weighted by Gasteiger charge is -2.14. The van der Waals surface area contributed by atoms with E-state index in [1.165, 1.54) is 22.7 Å². The Morgan fingerprint density at radius 1 is 1.31 bits per heavy atom. The summed E-state index contributed by atoms with van der Waals surface area (Å²) in [5.74, 6) is 0.760. The van der Waals surface area contributed by atoms with Crippen molar-refractivity contribution < 1.29 is 9.32 Å². The first-order valence-electron chi connectivity index (χ1n) is 7.69. The monoisotopic (exact) mass is 372 g/mol. The van der Waals surface area contributed by atoms with Gasteiger partial charge in [-0.1, -0.05) is 16.9 Å². The van der Waals surface area contributed by atoms with Crippen LogP contribution in [0.15, 0.2) is 45.1 Å². The Balaban J connectivity index is 1.57. The number of aryl methyl sites for hydroxylation is 1. The van der Waals surface area contributed by atoms with E-state index in [9.17, 15) is 9.59 Å². The summed E-state index contributed by atoms with van der Waals surface area (Å²) in [6.45, 7) is 1.92. The summed E-state index contributed by atoms with van der Waals surface area (Å²) in [6.07, 6.45) is 3.28. The number of pyridine rings is 1. The minimum absolute atomic E-state index is 0.133. The van der Waals surface area contributed by atoms with Gasteiger partial charge in [0.25, 0.3) is 5.56 Å². The van der Waals surface area contributed by atoms with Crippen molar-refractivity contribution in [3.05, 3.63) is 52.5 Å². The zero-order valence-electron chi connectivity index (χ0n) is 14.2. The van der Waals surface area contributed by atoms with E-state index in [4.69, 9.17) is 4.52 Å². The average molecular weight is 372 g/mol. The molecular formula is C16H16N6O3S. The molecule has 134 valence electrons. The highest BCUT2D eigenvalue weighted by atomic mass is 32.2. The Morgan fingerprint density at radius 3 is 2.81 bits per heavy atom. The number of nitrogens with zero attached hydrogens (tertiary/aromatic N) is 5. The number of hydrogen-bond donors (Lipinski definition) is 1. The van der Waals surface area contributed by atoms with Crippen LogP contribution in [0.4, 0.5) is 0 Å². The lowest BCUT2D eigenvalue weighted by molar-refractivity contribution is -0.127. The molecule has 0 radical (unpaired) electrons. The molecule has 1 N–H and O–H groups in total. The molecule has 0 atom stereocenters. The third-order valence-electron chi connectivity index (χ3n) is 3.39. The van der Waals surface area contributed by atoms with Gasteiger partial charge >= 0.3 is 0 Å². The standard InChI is InChI=1S/C16H16N6O3S/c1-10-7-12(23)19-16(18-10)26-9-14(24)22(2)8-13-20-15(21-25-13)11-3-5-17-6-4-11/h3-7H,8-9H2,1-2H3,(H,18,19,23). The summed E-state index contributed by atoms with van der Waals surface area (Å²) in [7, 11) is 1.64. The highest BCUT2D eigenvalue weighted by Gasteiger charge is 2.15. The maximum absolute atomic E-state index is 12.3. The molecule has 3 aromatic rings. The van der Waals surface area contributed by atoms with Crippen molar-refractivity contribution >= 4 is 17.7 Å². The summed E-state index contributed by atoms with van der Waals surface area (Å²) >= 11 is 1.17. The molecule has 0 spiro atoms. The molecular weight excluding hydrogens is 356 g/mol. The predicted molar refractivity (Wildman–Crippen MR) is 94.3 cm³/mol. The fraction of sp³-hybridized carbons (Fsp3) is 0.250. The van der Waals surface area contributed by atoms with Crippen LogP contribution in [0.2, 0.25) is 0 Å². The Labute approximate surface area is 152 Å². The summed E-state index contributed by atoms with van der Waals surface area (Å²) in [5.41, 5.74) is 1.15. The van der Waals surface area contributed by atoms with Gasteiger partial charge in [-0.2, -0.15) is 4.98 Å². The lowest BCUT2D eigenvalue weighted by Crippen LogP contribution is -2.28. The fourth-order valence-electron chi connectivity index (χ4n) is 2.09. The van der Waals surface area contributed by atoms with E-state index < -0.39 is 0 Å². The number of rotatable bonds is 6. The molecule has 0 unspecified atom stereocenters. The van der Waals surface area contributed by atoms with Crippen molar-refractivity contribution in [3.63, 3.8) is 0 Å². The molecule has 26 heavy (non-hydrogen) atoms. The molecule has 9 nitrogen and oxygen atoms in total. The Hall–Kier alpha value is -3.01. The van der Waals surface area contributed by atoms with Crippen LogP contribution in [0.3, 0.4) is 0 Å². The topological polar surface area (TPSA) is 118 Å². The molecule has 10 heteroatoms. The molecule has 0 aliphatic carbocycles. The molecule has 0 aliphatic rings. The molecule has 1 amide bonds. The molecule has 0 saturated carbocycles. The van der Waals surface area contributed by atoms with Crippen molar-refractivity contribution in [3.8, 4) is 11.4 Å². The molecule has 3 heterocycles. The van der Waals surface area contributed by atoms with Crippen molar-refractivity contribution in [1.29, 1.82) is 0 Å². The summed E-state index contributed by atoms with van der Waals surface area (Å²) in [4.78, 5) is 40.1. The smallest absolute Gasteiger partial charge is 0.251 e. The Morgan fingerprint density at radius 2 is 2.08 bits per heavy atom. The van der Waals surface area contributed by atoms with E-state index in [1.54, 1.807) is 38.5 Å². The summed E-state index contributed by atoms with van der Waals surface area (Å²) in [5, 5.41) is 4.32. The average Bonchev–Trinajstić information content (AvgIpc) is 3.08. The quantitative estimate of drug-likeness (QED) is 0.508. The lowest BCUT2D eigenvalue weighted by atomic mass is 10.2. The second-order valence-electron chi connectivity index (χ2n) is 5.48. The first kappa shape index (κ1) is 17.8. The minimum Gasteiger partial charge on any atom is -0.337 e. The third-order valence-corrected chi connectivity index (χ3v) is 4.24. The second-order valence-corrected chi connectivity index (χ2v) is 6.44. The first-order valence-corrected chi connectivity index (χ1v) is 8.67. The van der Waals surface area contributed by atoms with Crippen LogP contribution in [-0.4, -0.2) is 48.7 Å². The van der Waals surface area contributed by atoms with Gasteiger partial charge in [0.2, 0.25) is 17.6 Å². The number of aromatic nitrogens is 5. The van der Waals surface area contributed by atoms with E-state index in [0.717, 1.165) is 5.56 Å². The van der Waals surface area contributed by atoms with E-state index in [0.29, 0.717) is 22.6 Å². The van der Waals surface area contributed by atoms with Crippen LogP contribution in [0, 0.1) is 6.92 Å². The molecule has 3 aromatic heterocycles. The highest BCUT2D eigenvalue weighted by Crippen LogP contribution is 2.16. The zero-order valence-corrected chi connectivity index (χ0v) is 15.0. The molecule has 0 bridgehead atoms. The number of H-pyrrole nitrogens is 1. The second kappa shape index (κ2) is 7.91. The van der Waals surface area contributed by atoms with Gasteiger partial charge in [-0.15, -0.1) is 0 Å². The minimum atomic E-state index is -0.240. The number of aromatic amines is 1. The normalized spacial score (nSPS) is 10.7. The van der Waals surface area contributed by atoms with Gasteiger partial charge < -0.3 is 14.4 Å². The molecule has 0 fully saturated rings. The van der Waals surface area contributed by atoms with E-state index in [2.05, 4.69) is 25.1 Å². The van der Waals surface area contributed by atoms with Crippen LogP contribution in [0.5, 0.6) is 0 Å². The van der Waals surface area contributed by atoms with Crippen LogP contribution >= 0.6 is 11.8 Å². The zero-order chi connectivity index (χ0) is 18.5. The Bertz CT molecular complexity index is 956. The molecule has 0 aromatic carbocycles. The van der Waals surface area contributed by atoms with E-state index in [1.807, 2.05) is 0 Å². The number of hydrogen-bond acceptors (Lipinski definition) is 8. The van der Waals surface area contributed by atoms with Crippen molar-refractivity contribution in [2.45, 2.75) is 18.6 Å². The van der Waals surface area contributed by atoms with Gasteiger partial charge in [-0.3, -0.25) is 14.6 Å². The largest absolute Gasteiger partial charge is 0.337 e. The van der Waals surface area contributed by atoms with E-state index >= 15 is 0 Å². The van der Waals surface area contributed by atoms with Crippen molar-refractivity contribution in [2.75, 3.05) is 12.8 Å². The first-order chi connectivity index (χ1) is 12.5. The number of thioether (sulfide) groups is 1. The summed E-state index contributed by atoms with van der Waals surface area (Å²) < 4.78 is 5.19. The highest BCUT2D eigenvalue weighted by molar-refractivity contribution is 7.99. The van der Waals surface area contributed by atoms with Crippen LogP contribution in [-0.2, 0) is 11.3 Å². The van der Waals surface area contributed by atoms with Gasteiger partial charge in [0.15, 0.2) is 5.16 Å². The number of carbonyl (C=O) groups excluding carboxylic acids is 1. The number of amides is 1. The van der Waals surface area contributed by atoms with Gasteiger partial charge in [-0.25, -0.2) is 4.98 Å². The van der Waals surface area contributed by atoms with Crippen LogP contribution in [0.25, 0.3) is 11.4 Å². The Kier molecular flexibility index (Phi) is 5.42. The molecule has 0 aliphatic heterocycles. The van der Waals surface area contributed by atoms with Gasteiger partial charge in [0.1, 0.15) is 0 Å². The van der Waals surface area contributed by atoms with Gasteiger partial charge in [0, 0.05) is 36.8 Å². The van der Waals surface area contributed by atoms with Crippen molar-refractivity contribution in [2.24, 2.45) is 0 Å². The number of nitrogens with one attached hydrogen (secondary N) is 1. The maximum atomic E-state index is 12.3. The molecule has 3 rings (SSSR count). The van der Waals surface area contributed by atoms with Gasteiger partial charge in [0.05, 0.1) is 12.3 Å². The summed E-state index contributed by atoms with van der Waals surface area (Å²) in [6, 6.07) is 4.94. The fourth-order valence-corrected chi connectivity index (χ4v) is 2.95. The number of carbonyl (C=O) groups is 1. The van der Waals surface area contributed by atoms with E-state index in [-0.39, 0.29) is 23.8 Å². The SMILES string of the molecule is Cc1cc(=O)[nH]c(SCC(=O)N(C)Cc2nc(-c3ccncc3)no2)n1. The molecule has 0 saturated heterocycles. The van der Waals surface area contributed by atoms with Gasteiger partial charge in [-0.05, 0) is 19.1 Å². The predicted octanol–water partition coefficient (Wildman–Crippen LogP) is 1.27. The third kappa shape index (κ3) is 4.54.